The van der Waals surface area contributed by atoms with E-state index in [2.05, 4.69) is 19.2 Å². The third-order valence-corrected chi connectivity index (χ3v) is 2.79. The predicted molar refractivity (Wildman–Crippen MR) is 59.4 cm³/mol. The van der Waals surface area contributed by atoms with Gasteiger partial charge in [0, 0.05) is 20.3 Å². The predicted octanol–water partition coefficient (Wildman–Crippen LogP) is 0.825. The molecule has 1 rings (SSSR count). The second kappa shape index (κ2) is 5.47. The van der Waals surface area contributed by atoms with Gasteiger partial charge < -0.3 is 9.64 Å². The number of hydrogen-bond donors (Lipinski definition) is 1. The fraction of sp³-hybridized carbons (Fsp3) is 0.909. The summed E-state index contributed by atoms with van der Waals surface area (Å²) in [4.78, 5) is 13.8. The topological polar surface area (TPSA) is 41.6 Å². The first-order valence-electron chi connectivity index (χ1n) is 5.63. The quantitative estimate of drug-likeness (QED) is 0.689. The smallest absolute Gasteiger partial charge is 0.240 e. The summed E-state index contributed by atoms with van der Waals surface area (Å²) >= 11 is 0. The number of rotatable bonds is 5. The number of hydrogen-bond acceptors (Lipinski definition) is 3. The maximum atomic E-state index is 11.8. The van der Waals surface area contributed by atoms with Crippen LogP contribution in [0.25, 0.3) is 0 Å². The minimum absolute atomic E-state index is 0.0417. The summed E-state index contributed by atoms with van der Waals surface area (Å²) in [5, 5.41) is 3.32. The van der Waals surface area contributed by atoms with Gasteiger partial charge in [-0.2, -0.15) is 0 Å². The molecule has 1 amide bonds. The number of carbonyl (C=O) groups excluding carboxylic acids is 1. The van der Waals surface area contributed by atoms with E-state index in [9.17, 15) is 4.79 Å². The molecule has 2 unspecified atom stereocenters. The standard InChI is InChI=1S/C11H22N2O2/c1-8(2)10-12-9(3)11(14)13(10)6-5-7-15-4/h8-10,12H,5-7H2,1-4H3. The van der Waals surface area contributed by atoms with Crippen LogP contribution in [-0.2, 0) is 9.53 Å². The Kier molecular flexibility index (Phi) is 4.54. The van der Waals surface area contributed by atoms with Crippen molar-refractivity contribution in [3.05, 3.63) is 0 Å². The zero-order chi connectivity index (χ0) is 11.4. The van der Waals surface area contributed by atoms with Crippen molar-refractivity contribution in [3.8, 4) is 0 Å². The second-order valence-electron chi connectivity index (χ2n) is 4.46. The fourth-order valence-electron chi connectivity index (χ4n) is 1.98. The molecular weight excluding hydrogens is 192 g/mol. The fourth-order valence-corrected chi connectivity index (χ4v) is 1.98. The molecule has 0 aromatic carbocycles. The normalized spacial score (nSPS) is 26.7. The summed E-state index contributed by atoms with van der Waals surface area (Å²) in [6, 6.07) is -0.0417. The number of methoxy groups -OCH3 is 1. The van der Waals surface area contributed by atoms with Gasteiger partial charge in [0.1, 0.15) is 0 Å². The lowest BCUT2D eigenvalue weighted by molar-refractivity contribution is -0.130. The van der Waals surface area contributed by atoms with Gasteiger partial charge in [0.15, 0.2) is 0 Å². The number of ether oxygens (including phenoxy) is 1. The first kappa shape index (κ1) is 12.5. The molecule has 0 aliphatic carbocycles. The molecule has 0 radical (unpaired) electrons. The molecule has 88 valence electrons. The molecule has 0 spiro atoms. The highest BCUT2D eigenvalue weighted by Crippen LogP contribution is 2.17. The number of amides is 1. The molecular formula is C11H22N2O2. The molecule has 1 fully saturated rings. The maximum Gasteiger partial charge on any atom is 0.240 e. The van der Waals surface area contributed by atoms with Crippen molar-refractivity contribution in [2.75, 3.05) is 20.3 Å². The van der Waals surface area contributed by atoms with Gasteiger partial charge in [-0.25, -0.2) is 0 Å². The third kappa shape index (κ3) is 2.92. The minimum atomic E-state index is -0.0417. The Bertz CT molecular complexity index is 219. The molecule has 0 bridgehead atoms. The van der Waals surface area contributed by atoms with Crippen molar-refractivity contribution < 1.29 is 9.53 Å². The summed E-state index contributed by atoms with van der Waals surface area (Å²) in [6.45, 7) is 7.68. The average molecular weight is 214 g/mol. The van der Waals surface area contributed by atoms with Crippen LogP contribution in [0.1, 0.15) is 27.2 Å². The Hall–Kier alpha value is -0.610. The Morgan fingerprint density at radius 3 is 2.73 bits per heavy atom. The van der Waals surface area contributed by atoms with Crippen LogP contribution < -0.4 is 5.32 Å². The van der Waals surface area contributed by atoms with Gasteiger partial charge >= 0.3 is 0 Å². The maximum absolute atomic E-state index is 11.8. The first-order valence-corrected chi connectivity index (χ1v) is 5.63. The van der Waals surface area contributed by atoms with Crippen LogP contribution in [0.4, 0.5) is 0 Å². The van der Waals surface area contributed by atoms with E-state index in [-0.39, 0.29) is 18.1 Å². The molecule has 0 aromatic heterocycles. The highest BCUT2D eigenvalue weighted by Gasteiger charge is 2.36. The first-order chi connectivity index (χ1) is 7.07. The summed E-state index contributed by atoms with van der Waals surface area (Å²) in [5.74, 6) is 0.659. The summed E-state index contributed by atoms with van der Waals surface area (Å²) in [5.41, 5.74) is 0. The molecule has 0 saturated carbocycles. The zero-order valence-corrected chi connectivity index (χ0v) is 10.1. The Balaban J connectivity index is 2.53. The molecule has 1 heterocycles. The minimum Gasteiger partial charge on any atom is -0.385 e. The zero-order valence-electron chi connectivity index (χ0n) is 10.1. The van der Waals surface area contributed by atoms with Gasteiger partial charge in [0.25, 0.3) is 0 Å². The Morgan fingerprint density at radius 1 is 1.53 bits per heavy atom. The Morgan fingerprint density at radius 2 is 2.20 bits per heavy atom. The van der Waals surface area contributed by atoms with Crippen molar-refractivity contribution in [2.24, 2.45) is 5.92 Å². The van der Waals surface area contributed by atoms with Crippen LogP contribution in [0.5, 0.6) is 0 Å². The molecule has 1 saturated heterocycles. The van der Waals surface area contributed by atoms with Gasteiger partial charge in [-0.1, -0.05) is 13.8 Å². The summed E-state index contributed by atoms with van der Waals surface area (Å²) < 4.78 is 5.00. The van der Waals surface area contributed by atoms with Gasteiger partial charge in [0.05, 0.1) is 12.2 Å². The van der Waals surface area contributed by atoms with Crippen LogP contribution in [0.15, 0.2) is 0 Å². The van der Waals surface area contributed by atoms with E-state index in [4.69, 9.17) is 4.74 Å². The van der Waals surface area contributed by atoms with Crippen molar-refractivity contribution in [1.29, 1.82) is 0 Å². The van der Waals surface area contributed by atoms with Crippen LogP contribution in [-0.4, -0.2) is 43.3 Å². The van der Waals surface area contributed by atoms with Crippen molar-refractivity contribution >= 4 is 5.91 Å². The largest absolute Gasteiger partial charge is 0.385 e. The van der Waals surface area contributed by atoms with Gasteiger partial charge in [-0.05, 0) is 19.3 Å². The molecule has 1 aliphatic heterocycles. The van der Waals surface area contributed by atoms with E-state index in [1.54, 1.807) is 7.11 Å². The van der Waals surface area contributed by atoms with E-state index >= 15 is 0 Å². The van der Waals surface area contributed by atoms with E-state index in [0.29, 0.717) is 12.5 Å². The molecule has 4 nitrogen and oxygen atoms in total. The molecule has 1 N–H and O–H groups in total. The lowest BCUT2D eigenvalue weighted by Gasteiger charge is -2.27. The molecule has 15 heavy (non-hydrogen) atoms. The summed E-state index contributed by atoms with van der Waals surface area (Å²) in [7, 11) is 1.69. The van der Waals surface area contributed by atoms with Gasteiger partial charge in [-0.3, -0.25) is 10.1 Å². The number of nitrogens with zero attached hydrogens (tertiary/aromatic N) is 1. The molecule has 4 heteroatoms. The second-order valence-corrected chi connectivity index (χ2v) is 4.46. The van der Waals surface area contributed by atoms with Crippen LogP contribution in [0.3, 0.4) is 0 Å². The molecule has 1 aliphatic rings. The van der Waals surface area contributed by atoms with Gasteiger partial charge in [-0.15, -0.1) is 0 Å². The summed E-state index contributed by atoms with van der Waals surface area (Å²) in [6.07, 6.45) is 1.09. The lowest BCUT2D eigenvalue weighted by atomic mass is 10.1. The van der Waals surface area contributed by atoms with E-state index < -0.39 is 0 Å². The van der Waals surface area contributed by atoms with Crippen molar-refractivity contribution in [3.63, 3.8) is 0 Å². The highest BCUT2D eigenvalue weighted by atomic mass is 16.5. The monoisotopic (exact) mass is 214 g/mol. The van der Waals surface area contributed by atoms with Crippen molar-refractivity contribution in [1.82, 2.24) is 10.2 Å². The van der Waals surface area contributed by atoms with Crippen LogP contribution in [0.2, 0.25) is 0 Å². The van der Waals surface area contributed by atoms with Gasteiger partial charge in [0.2, 0.25) is 5.91 Å². The molecule has 2 atom stereocenters. The van der Waals surface area contributed by atoms with Crippen LogP contribution in [0, 0.1) is 5.92 Å². The molecule has 0 aromatic rings. The van der Waals surface area contributed by atoms with Crippen LogP contribution >= 0.6 is 0 Å². The highest BCUT2D eigenvalue weighted by molar-refractivity contribution is 5.83. The van der Waals surface area contributed by atoms with E-state index in [0.717, 1.165) is 13.0 Å². The Labute approximate surface area is 92.0 Å². The SMILES string of the molecule is COCCCN1C(=O)C(C)NC1C(C)C. The average Bonchev–Trinajstić information content (AvgIpc) is 2.46. The third-order valence-electron chi connectivity index (χ3n) is 2.79. The van der Waals surface area contributed by atoms with E-state index in [1.165, 1.54) is 0 Å². The number of nitrogens with one attached hydrogen (secondary N) is 1. The lowest BCUT2D eigenvalue weighted by Crippen LogP contribution is -2.42. The number of carbonyl (C=O) groups is 1. The van der Waals surface area contributed by atoms with Crippen molar-refractivity contribution in [2.45, 2.75) is 39.4 Å². The van der Waals surface area contributed by atoms with E-state index in [1.807, 2.05) is 11.8 Å².